The monoisotopic (exact) mass is 809 g/mol. The third-order valence-corrected chi connectivity index (χ3v) is 10.4. The number of ether oxygens (including phenoxy) is 4. The first kappa shape index (κ1) is 43.9. The van der Waals surface area contributed by atoms with Gasteiger partial charge in [0.25, 0.3) is 0 Å². The first-order chi connectivity index (χ1) is 28.4. The number of carboxylic acids is 2. The van der Waals surface area contributed by atoms with E-state index in [2.05, 4.69) is 4.98 Å². The van der Waals surface area contributed by atoms with E-state index in [1.165, 1.54) is 13.8 Å². The van der Waals surface area contributed by atoms with Crippen molar-refractivity contribution < 1.29 is 48.3 Å². The van der Waals surface area contributed by atoms with Crippen LogP contribution in [0.3, 0.4) is 0 Å². The number of hydrogen-bond donors (Lipinski definition) is 3. The number of esters is 2. The van der Waals surface area contributed by atoms with Gasteiger partial charge in [-0.15, -0.1) is 0 Å². The highest BCUT2D eigenvalue weighted by Gasteiger charge is 2.30. The summed E-state index contributed by atoms with van der Waals surface area (Å²) in [6.45, 7) is 11.7. The maximum absolute atomic E-state index is 13.0. The molecule has 5 rings (SSSR count). The number of H-pyrrole nitrogens is 1. The molecule has 5 aromatic rings. The minimum absolute atomic E-state index is 0.141. The van der Waals surface area contributed by atoms with Crippen LogP contribution in [-0.2, 0) is 71.0 Å². The molecule has 0 fully saturated rings. The Morgan fingerprint density at radius 2 is 0.983 bits per heavy atom. The predicted molar refractivity (Wildman–Crippen MR) is 221 cm³/mol. The molecule has 0 atom stereocenters. The van der Waals surface area contributed by atoms with Gasteiger partial charge in [0, 0.05) is 73.7 Å². The van der Waals surface area contributed by atoms with Crippen LogP contribution in [0.1, 0.15) is 117 Å². The average molecular weight is 810 g/mol. The van der Waals surface area contributed by atoms with Crippen molar-refractivity contribution in [3.8, 4) is 11.8 Å². The highest BCUT2D eigenvalue weighted by molar-refractivity contribution is 5.93. The molecule has 0 saturated carbocycles. The van der Waals surface area contributed by atoms with Crippen LogP contribution in [0.25, 0.3) is 0 Å². The van der Waals surface area contributed by atoms with Crippen LogP contribution < -0.4 is 9.47 Å². The number of nitrogens with zero attached hydrogens (tertiary/aromatic N) is 2. The number of carbonyl (C=O) groups excluding carboxylic acids is 2. The zero-order valence-corrected chi connectivity index (χ0v) is 34.8. The van der Waals surface area contributed by atoms with Crippen LogP contribution in [0.5, 0.6) is 11.8 Å². The van der Waals surface area contributed by atoms with Crippen molar-refractivity contribution in [3.05, 3.63) is 128 Å². The molecule has 314 valence electrons. The number of benzene rings is 2. The van der Waals surface area contributed by atoms with Gasteiger partial charge in [0.1, 0.15) is 13.2 Å². The predicted octanol–water partition coefficient (Wildman–Crippen LogP) is 8.00. The molecule has 3 aromatic heterocycles. The Balaban J connectivity index is 1.59. The van der Waals surface area contributed by atoms with E-state index < -0.39 is 23.9 Å². The highest BCUT2D eigenvalue weighted by Crippen LogP contribution is 2.36. The van der Waals surface area contributed by atoms with E-state index in [4.69, 9.17) is 18.9 Å². The van der Waals surface area contributed by atoms with Gasteiger partial charge in [-0.05, 0) is 61.8 Å². The number of aromatic amines is 1. The Hall–Kier alpha value is -6.24. The van der Waals surface area contributed by atoms with Crippen LogP contribution in [0.15, 0.2) is 60.7 Å². The van der Waals surface area contributed by atoms with Crippen molar-refractivity contribution in [1.29, 1.82) is 0 Å². The highest BCUT2D eigenvalue weighted by atomic mass is 16.5. The summed E-state index contributed by atoms with van der Waals surface area (Å²) in [7, 11) is 0. The standard InChI is InChI=1S/C46H55N3O10/c1-7-35-36(8-2)38(26-40-42(46(54)55)30(4)44(49(40)22-16-24-57-32(6)51)59-28-34-19-13-10-14-20-34)47-37(35)25-39-41(45(52)53)29(3)43(48(39)21-15-23-56-31(5)50)58-27-33-17-11-9-12-18-33/h9-14,17-20,47H,7-8,15-16,21-28H2,1-6H3,(H,52,53)(H,54,55). The Morgan fingerprint density at radius 3 is 1.31 bits per heavy atom. The van der Waals surface area contributed by atoms with E-state index in [0.29, 0.717) is 73.0 Å². The lowest BCUT2D eigenvalue weighted by Crippen LogP contribution is -2.13. The van der Waals surface area contributed by atoms with E-state index in [-0.39, 0.29) is 50.4 Å². The SMILES string of the molecule is CCc1c(Cc2c(C(=O)O)c(C)c(OCc3ccccc3)n2CCCOC(C)=O)[nH]c(Cc2c(C(=O)O)c(C)c(OCc3ccccc3)n2CCCOC(C)=O)c1CC. The molecule has 0 aliphatic carbocycles. The molecule has 13 heteroatoms. The smallest absolute Gasteiger partial charge is 0.337 e. The second kappa shape index (κ2) is 20.4. The molecule has 0 aliphatic rings. The molecule has 0 spiro atoms. The number of aromatic nitrogens is 3. The number of hydrogen-bond acceptors (Lipinski definition) is 8. The molecule has 0 saturated heterocycles. The normalized spacial score (nSPS) is 11.1. The van der Waals surface area contributed by atoms with E-state index in [1.807, 2.05) is 83.6 Å². The Kier molecular flexibility index (Phi) is 15.2. The van der Waals surface area contributed by atoms with E-state index >= 15 is 0 Å². The van der Waals surface area contributed by atoms with Crippen molar-refractivity contribution in [3.63, 3.8) is 0 Å². The third kappa shape index (κ3) is 10.6. The zero-order chi connectivity index (χ0) is 42.6. The maximum atomic E-state index is 13.0. The van der Waals surface area contributed by atoms with Crippen molar-refractivity contribution >= 4 is 23.9 Å². The second-order valence-corrected chi connectivity index (χ2v) is 14.5. The Labute approximate surface area is 344 Å². The quantitative estimate of drug-likeness (QED) is 0.0460. The lowest BCUT2D eigenvalue weighted by Gasteiger charge is -2.16. The molecule has 3 N–H and O–H groups in total. The fourth-order valence-corrected chi connectivity index (χ4v) is 7.86. The molecule has 0 radical (unpaired) electrons. The van der Waals surface area contributed by atoms with Crippen LogP contribution >= 0.6 is 0 Å². The summed E-state index contributed by atoms with van der Waals surface area (Å²) in [5.41, 5.74) is 7.88. The fourth-order valence-electron chi connectivity index (χ4n) is 7.86. The maximum Gasteiger partial charge on any atom is 0.337 e. The van der Waals surface area contributed by atoms with Gasteiger partial charge in [-0.2, -0.15) is 0 Å². The fraction of sp³-hybridized carbons (Fsp3) is 0.391. The van der Waals surface area contributed by atoms with Gasteiger partial charge in [0.15, 0.2) is 11.8 Å². The first-order valence-electron chi connectivity index (χ1n) is 20.1. The van der Waals surface area contributed by atoms with Gasteiger partial charge in [-0.25, -0.2) is 9.59 Å². The molecule has 0 bridgehead atoms. The van der Waals surface area contributed by atoms with E-state index in [9.17, 15) is 29.4 Å². The minimum Gasteiger partial charge on any atom is -0.478 e. The first-order valence-corrected chi connectivity index (χ1v) is 20.1. The summed E-state index contributed by atoms with van der Waals surface area (Å²) in [6, 6.07) is 19.2. The Morgan fingerprint density at radius 1 is 0.610 bits per heavy atom. The molecule has 0 aliphatic heterocycles. The summed E-state index contributed by atoms with van der Waals surface area (Å²) < 4.78 is 27.0. The van der Waals surface area contributed by atoms with Crippen molar-refractivity contribution in [2.75, 3.05) is 13.2 Å². The summed E-state index contributed by atoms with van der Waals surface area (Å²) in [5, 5.41) is 21.3. The lowest BCUT2D eigenvalue weighted by molar-refractivity contribution is -0.142. The van der Waals surface area contributed by atoms with Crippen LogP contribution in [0.4, 0.5) is 0 Å². The summed E-state index contributed by atoms with van der Waals surface area (Å²) in [5.74, 6) is -2.10. The molecule has 3 heterocycles. The number of aromatic carboxylic acids is 2. The van der Waals surface area contributed by atoms with Gasteiger partial charge in [0.2, 0.25) is 0 Å². The van der Waals surface area contributed by atoms with E-state index in [0.717, 1.165) is 33.6 Å². The largest absolute Gasteiger partial charge is 0.478 e. The second-order valence-electron chi connectivity index (χ2n) is 14.5. The van der Waals surface area contributed by atoms with Crippen LogP contribution in [0.2, 0.25) is 0 Å². The summed E-state index contributed by atoms with van der Waals surface area (Å²) in [4.78, 5) is 52.9. The van der Waals surface area contributed by atoms with Gasteiger partial charge in [-0.3, -0.25) is 9.59 Å². The minimum atomic E-state index is -1.09. The van der Waals surface area contributed by atoms with Gasteiger partial charge < -0.3 is 43.3 Å². The summed E-state index contributed by atoms with van der Waals surface area (Å²) >= 11 is 0. The van der Waals surface area contributed by atoms with Crippen LogP contribution in [0, 0.1) is 13.8 Å². The van der Waals surface area contributed by atoms with Gasteiger partial charge >= 0.3 is 23.9 Å². The van der Waals surface area contributed by atoms with Gasteiger partial charge in [0.05, 0.1) is 24.3 Å². The Bertz CT molecular complexity index is 2090. The molecule has 0 amide bonds. The average Bonchev–Trinajstić information content (AvgIpc) is 3.78. The van der Waals surface area contributed by atoms with Crippen molar-refractivity contribution in [2.24, 2.45) is 0 Å². The number of carboxylic acid groups (broad SMARTS) is 2. The summed E-state index contributed by atoms with van der Waals surface area (Å²) in [6.07, 6.45) is 2.58. The third-order valence-electron chi connectivity index (χ3n) is 10.4. The van der Waals surface area contributed by atoms with E-state index in [1.54, 1.807) is 13.8 Å². The number of carbonyl (C=O) groups is 4. The molecule has 2 aromatic carbocycles. The molecular weight excluding hydrogens is 755 g/mol. The van der Waals surface area contributed by atoms with Crippen molar-refractivity contribution in [1.82, 2.24) is 14.1 Å². The molecule has 0 unspecified atom stereocenters. The zero-order valence-electron chi connectivity index (χ0n) is 34.8. The number of nitrogens with one attached hydrogen (secondary N) is 1. The van der Waals surface area contributed by atoms with Gasteiger partial charge in [-0.1, -0.05) is 74.5 Å². The van der Waals surface area contributed by atoms with Crippen molar-refractivity contribution in [2.45, 2.75) is 106 Å². The number of rotatable bonds is 22. The molecular formula is C46H55N3O10. The topological polar surface area (TPSA) is 171 Å². The molecule has 13 nitrogen and oxygen atoms in total. The van der Waals surface area contributed by atoms with Crippen LogP contribution in [-0.4, -0.2) is 61.4 Å². The lowest BCUT2D eigenvalue weighted by atomic mass is 9.98. The molecule has 59 heavy (non-hydrogen) atoms.